The molecule has 2 N–H and O–H groups in total. The van der Waals surface area contributed by atoms with Crippen molar-refractivity contribution in [3.8, 4) is 0 Å². The molecular weight excluding hydrogens is 238 g/mol. The van der Waals surface area contributed by atoms with Crippen LogP contribution in [0.3, 0.4) is 0 Å². The van der Waals surface area contributed by atoms with E-state index >= 15 is 0 Å². The van der Waals surface area contributed by atoms with Crippen LogP contribution < -0.4 is 10.6 Å². The van der Waals surface area contributed by atoms with E-state index in [0.29, 0.717) is 13.2 Å². The first kappa shape index (κ1) is 16.4. The van der Waals surface area contributed by atoms with Gasteiger partial charge in [-0.1, -0.05) is 6.92 Å². The number of nitrogens with zero attached hydrogens (tertiary/aromatic N) is 1. The van der Waals surface area contributed by atoms with Crippen molar-refractivity contribution in [1.29, 1.82) is 0 Å². The highest BCUT2D eigenvalue weighted by atomic mass is 16.5. The molecule has 0 spiro atoms. The van der Waals surface area contributed by atoms with Crippen LogP contribution in [0.2, 0.25) is 0 Å². The lowest BCUT2D eigenvalue weighted by molar-refractivity contribution is -0.145. The van der Waals surface area contributed by atoms with Crippen molar-refractivity contribution in [3.05, 3.63) is 0 Å². The first-order valence-electron chi connectivity index (χ1n) is 5.88. The second kappa shape index (κ2) is 8.46. The molecule has 7 nitrogen and oxygen atoms in total. The first-order chi connectivity index (χ1) is 8.46. The third-order valence-corrected chi connectivity index (χ3v) is 2.43. The van der Waals surface area contributed by atoms with Crippen LogP contribution >= 0.6 is 0 Å². The highest BCUT2D eigenvalue weighted by Gasteiger charge is 2.23. The van der Waals surface area contributed by atoms with Crippen LogP contribution in [-0.2, 0) is 14.3 Å². The molecule has 0 aliphatic carbocycles. The topological polar surface area (TPSA) is 87.7 Å². The molecule has 0 aliphatic rings. The second-order valence-electron chi connectivity index (χ2n) is 3.61. The minimum Gasteiger partial charge on any atom is -0.465 e. The molecule has 0 aromatic rings. The Balaban J connectivity index is 4.41. The highest BCUT2D eigenvalue weighted by Crippen LogP contribution is 1.99. The molecule has 0 aliphatic heterocycles. The summed E-state index contributed by atoms with van der Waals surface area (Å²) in [7, 11) is 1.42. The molecule has 3 amide bonds. The summed E-state index contributed by atoms with van der Waals surface area (Å²) in [5.41, 5.74) is 0. The lowest BCUT2D eigenvalue weighted by Crippen LogP contribution is -2.50. The van der Waals surface area contributed by atoms with Crippen molar-refractivity contribution < 1.29 is 19.1 Å². The number of carbonyl (C=O) groups is 3. The van der Waals surface area contributed by atoms with E-state index in [1.807, 2.05) is 6.92 Å². The Labute approximate surface area is 107 Å². The van der Waals surface area contributed by atoms with Crippen molar-refractivity contribution in [2.45, 2.75) is 26.8 Å². The Morgan fingerprint density at radius 3 is 2.33 bits per heavy atom. The minimum atomic E-state index is -0.586. The van der Waals surface area contributed by atoms with E-state index in [2.05, 4.69) is 10.6 Å². The van der Waals surface area contributed by atoms with E-state index in [1.54, 1.807) is 18.7 Å². The van der Waals surface area contributed by atoms with Crippen LogP contribution in [0.25, 0.3) is 0 Å². The Morgan fingerprint density at radius 1 is 1.28 bits per heavy atom. The first-order valence-corrected chi connectivity index (χ1v) is 5.88. The molecule has 0 bridgehead atoms. The van der Waals surface area contributed by atoms with E-state index < -0.39 is 18.0 Å². The third-order valence-electron chi connectivity index (χ3n) is 2.43. The van der Waals surface area contributed by atoms with Crippen LogP contribution in [-0.4, -0.2) is 55.6 Å². The summed E-state index contributed by atoms with van der Waals surface area (Å²) >= 11 is 0. The number of urea groups is 1. The number of likely N-dealkylation sites (N-methyl/N-ethyl adjacent to an activating group) is 1. The molecule has 0 aromatic heterocycles. The monoisotopic (exact) mass is 259 g/mol. The van der Waals surface area contributed by atoms with E-state index in [9.17, 15) is 14.4 Å². The van der Waals surface area contributed by atoms with E-state index in [1.165, 1.54) is 7.05 Å². The minimum absolute atomic E-state index is 0.0205. The molecule has 1 unspecified atom stereocenters. The zero-order valence-electron chi connectivity index (χ0n) is 11.3. The summed E-state index contributed by atoms with van der Waals surface area (Å²) in [5, 5.41) is 4.45. The molecule has 1 atom stereocenters. The Bertz CT molecular complexity index is 307. The maximum Gasteiger partial charge on any atom is 0.321 e. The van der Waals surface area contributed by atoms with Gasteiger partial charge in [0.1, 0.15) is 0 Å². The zero-order chi connectivity index (χ0) is 14.1. The smallest absolute Gasteiger partial charge is 0.321 e. The van der Waals surface area contributed by atoms with Gasteiger partial charge < -0.3 is 10.1 Å². The second-order valence-corrected chi connectivity index (χ2v) is 3.61. The summed E-state index contributed by atoms with van der Waals surface area (Å²) in [4.78, 5) is 35.7. The summed E-state index contributed by atoms with van der Waals surface area (Å²) in [6.07, 6.45) is 0. The maximum atomic E-state index is 11.7. The van der Waals surface area contributed by atoms with Gasteiger partial charge in [-0.25, -0.2) is 4.79 Å². The SMILES string of the molecule is CCOC(=O)CN(CC)C(C)C(=O)NC(=O)NC. The lowest BCUT2D eigenvalue weighted by Gasteiger charge is -2.25. The van der Waals surface area contributed by atoms with E-state index in [-0.39, 0.29) is 12.5 Å². The van der Waals surface area contributed by atoms with Gasteiger partial charge in [-0.05, 0) is 20.4 Å². The van der Waals surface area contributed by atoms with Crippen molar-refractivity contribution in [3.63, 3.8) is 0 Å². The van der Waals surface area contributed by atoms with Gasteiger partial charge in [-0.15, -0.1) is 0 Å². The van der Waals surface area contributed by atoms with E-state index in [0.717, 1.165) is 0 Å². The van der Waals surface area contributed by atoms with Crippen LogP contribution in [0.15, 0.2) is 0 Å². The fraction of sp³-hybridized carbons (Fsp3) is 0.727. The molecular formula is C11H21N3O4. The van der Waals surface area contributed by atoms with Gasteiger partial charge in [0.15, 0.2) is 0 Å². The third kappa shape index (κ3) is 5.62. The number of esters is 1. The fourth-order valence-electron chi connectivity index (χ4n) is 1.34. The van der Waals surface area contributed by atoms with Crippen molar-refractivity contribution in [2.75, 3.05) is 26.7 Å². The van der Waals surface area contributed by atoms with E-state index in [4.69, 9.17) is 4.74 Å². The Morgan fingerprint density at radius 2 is 1.89 bits per heavy atom. The summed E-state index contributed by atoms with van der Waals surface area (Å²) in [6.45, 7) is 5.99. The number of amides is 3. The number of nitrogens with one attached hydrogen (secondary N) is 2. The van der Waals surface area contributed by atoms with Crippen LogP contribution in [0.1, 0.15) is 20.8 Å². The number of imide groups is 1. The summed E-state index contributed by atoms with van der Waals surface area (Å²) in [6, 6.07) is -1.16. The predicted octanol–water partition coefficient (Wildman–Crippen LogP) is -0.284. The number of hydrogen-bond donors (Lipinski definition) is 2. The van der Waals surface area contributed by atoms with Gasteiger partial charge in [-0.3, -0.25) is 19.8 Å². The van der Waals surface area contributed by atoms with Crippen LogP contribution in [0.4, 0.5) is 4.79 Å². The average molecular weight is 259 g/mol. The molecule has 104 valence electrons. The molecule has 0 aromatic carbocycles. The maximum absolute atomic E-state index is 11.7. The molecule has 18 heavy (non-hydrogen) atoms. The van der Waals surface area contributed by atoms with Gasteiger partial charge in [-0.2, -0.15) is 0 Å². The molecule has 7 heteroatoms. The van der Waals surface area contributed by atoms with Crippen molar-refractivity contribution in [2.24, 2.45) is 0 Å². The van der Waals surface area contributed by atoms with Gasteiger partial charge in [0.05, 0.1) is 19.2 Å². The number of ether oxygens (including phenoxy) is 1. The Kier molecular flexibility index (Phi) is 7.69. The number of hydrogen-bond acceptors (Lipinski definition) is 5. The van der Waals surface area contributed by atoms with Crippen molar-refractivity contribution >= 4 is 17.9 Å². The quantitative estimate of drug-likeness (QED) is 0.640. The number of carbonyl (C=O) groups excluding carboxylic acids is 3. The number of rotatable bonds is 6. The van der Waals surface area contributed by atoms with Crippen LogP contribution in [0, 0.1) is 0 Å². The molecule has 0 radical (unpaired) electrons. The summed E-state index contributed by atoms with van der Waals surface area (Å²) < 4.78 is 4.81. The summed E-state index contributed by atoms with van der Waals surface area (Å²) in [5.74, 6) is -0.848. The van der Waals surface area contributed by atoms with Crippen molar-refractivity contribution in [1.82, 2.24) is 15.5 Å². The van der Waals surface area contributed by atoms with Gasteiger partial charge in [0.2, 0.25) is 5.91 Å². The van der Waals surface area contributed by atoms with Gasteiger partial charge in [0, 0.05) is 7.05 Å². The van der Waals surface area contributed by atoms with Gasteiger partial charge in [0.25, 0.3) is 0 Å². The zero-order valence-corrected chi connectivity index (χ0v) is 11.3. The molecule has 0 saturated heterocycles. The fourth-order valence-corrected chi connectivity index (χ4v) is 1.34. The average Bonchev–Trinajstić information content (AvgIpc) is 2.35. The Hall–Kier alpha value is -1.63. The standard InChI is InChI=1S/C11H21N3O4/c1-5-14(7-9(15)18-6-2)8(3)10(16)13-11(17)12-4/h8H,5-7H2,1-4H3,(H2,12,13,16,17). The molecule has 0 heterocycles. The molecule has 0 fully saturated rings. The lowest BCUT2D eigenvalue weighted by atomic mass is 10.2. The molecule has 0 rings (SSSR count). The normalized spacial score (nSPS) is 11.8. The molecule has 0 saturated carbocycles. The van der Waals surface area contributed by atoms with Gasteiger partial charge >= 0.3 is 12.0 Å². The predicted molar refractivity (Wildman–Crippen MR) is 65.9 cm³/mol. The van der Waals surface area contributed by atoms with Crippen LogP contribution in [0.5, 0.6) is 0 Å². The largest absolute Gasteiger partial charge is 0.465 e. The highest BCUT2D eigenvalue weighted by molar-refractivity contribution is 5.96.